The number of H-pyrrole nitrogens is 1. The molecular weight excluding hydrogens is 423 g/mol. The van der Waals surface area contributed by atoms with Crippen LogP contribution in [-0.4, -0.2) is 22.7 Å². The maximum Gasteiger partial charge on any atom is 0.416 e. The van der Waals surface area contributed by atoms with Crippen LogP contribution in [0.15, 0.2) is 53.2 Å². The average Bonchev–Trinajstić information content (AvgIpc) is 3.30. The van der Waals surface area contributed by atoms with E-state index in [-0.39, 0.29) is 5.91 Å². The van der Waals surface area contributed by atoms with Gasteiger partial charge in [0.15, 0.2) is 0 Å². The summed E-state index contributed by atoms with van der Waals surface area (Å²) in [6, 6.07) is 10.4. The van der Waals surface area contributed by atoms with E-state index in [0.717, 1.165) is 28.6 Å². The smallest absolute Gasteiger partial charge is 0.416 e. The highest BCUT2D eigenvalue weighted by Gasteiger charge is 2.30. The molecule has 9 heteroatoms. The summed E-state index contributed by atoms with van der Waals surface area (Å²) in [6.07, 6.45) is -2.12. The predicted molar refractivity (Wildman–Crippen MR) is 113 cm³/mol. The van der Waals surface area contributed by atoms with Crippen molar-refractivity contribution in [2.45, 2.75) is 26.4 Å². The summed E-state index contributed by atoms with van der Waals surface area (Å²) in [5.74, 6) is 0.507. The van der Waals surface area contributed by atoms with Crippen LogP contribution in [0, 0.1) is 13.8 Å². The highest BCUT2D eigenvalue weighted by Crippen LogP contribution is 2.30. The number of nitrogens with one attached hydrogen (secondary N) is 2. The Labute approximate surface area is 181 Å². The van der Waals surface area contributed by atoms with E-state index >= 15 is 0 Å². The zero-order chi connectivity index (χ0) is 22.9. The SMILES string of the molecule is Cc1noc(C)c1C(=O)Nc1c[nH]c2ccc(CCOc3ccc(C(F)(F)F)cc3)cc12. The molecule has 0 unspecified atom stereocenters. The van der Waals surface area contributed by atoms with Crippen molar-refractivity contribution in [1.82, 2.24) is 10.1 Å². The Morgan fingerprint density at radius 2 is 1.91 bits per heavy atom. The van der Waals surface area contributed by atoms with Gasteiger partial charge in [-0.05, 0) is 55.8 Å². The number of hydrogen-bond donors (Lipinski definition) is 2. The van der Waals surface area contributed by atoms with Gasteiger partial charge in [-0.1, -0.05) is 11.2 Å². The van der Waals surface area contributed by atoms with Crippen molar-refractivity contribution < 1.29 is 27.2 Å². The van der Waals surface area contributed by atoms with Crippen molar-refractivity contribution in [2.24, 2.45) is 0 Å². The number of alkyl halides is 3. The largest absolute Gasteiger partial charge is 0.493 e. The minimum Gasteiger partial charge on any atom is -0.493 e. The molecular formula is C23H20F3N3O3. The zero-order valence-electron chi connectivity index (χ0n) is 17.3. The van der Waals surface area contributed by atoms with Crippen molar-refractivity contribution >= 4 is 22.5 Å². The van der Waals surface area contributed by atoms with Gasteiger partial charge in [-0.3, -0.25) is 4.79 Å². The molecule has 2 aromatic carbocycles. The first-order chi connectivity index (χ1) is 15.2. The van der Waals surface area contributed by atoms with Gasteiger partial charge in [-0.25, -0.2) is 0 Å². The Hall–Kier alpha value is -3.75. The topological polar surface area (TPSA) is 80.2 Å². The molecule has 1 amide bonds. The van der Waals surface area contributed by atoms with Crippen LogP contribution in [0.2, 0.25) is 0 Å². The molecule has 4 rings (SSSR count). The molecule has 0 fully saturated rings. The minimum atomic E-state index is -4.37. The summed E-state index contributed by atoms with van der Waals surface area (Å²) in [4.78, 5) is 15.8. The van der Waals surface area contributed by atoms with Gasteiger partial charge in [-0.15, -0.1) is 0 Å². The van der Waals surface area contributed by atoms with Gasteiger partial charge < -0.3 is 19.6 Å². The van der Waals surface area contributed by atoms with E-state index in [0.29, 0.717) is 41.5 Å². The van der Waals surface area contributed by atoms with Gasteiger partial charge in [-0.2, -0.15) is 13.2 Å². The van der Waals surface area contributed by atoms with E-state index in [2.05, 4.69) is 15.5 Å². The van der Waals surface area contributed by atoms with E-state index in [1.165, 1.54) is 12.1 Å². The van der Waals surface area contributed by atoms with Crippen molar-refractivity contribution in [3.63, 3.8) is 0 Å². The molecule has 0 aliphatic carbocycles. The molecule has 0 atom stereocenters. The fourth-order valence-electron chi connectivity index (χ4n) is 3.45. The normalized spacial score (nSPS) is 11.7. The number of nitrogens with zero attached hydrogens (tertiary/aromatic N) is 1. The van der Waals surface area contributed by atoms with Gasteiger partial charge in [0.2, 0.25) is 0 Å². The number of anilines is 1. The van der Waals surface area contributed by atoms with E-state index < -0.39 is 11.7 Å². The maximum absolute atomic E-state index is 12.6. The first-order valence-corrected chi connectivity index (χ1v) is 9.86. The third-order valence-corrected chi connectivity index (χ3v) is 5.10. The van der Waals surface area contributed by atoms with Crippen molar-refractivity contribution in [1.29, 1.82) is 0 Å². The lowest BCUT2D eigenvalue weighted by molar-refractivity contribution is -0.137. The fraction of sp³-hybridized carbons (Fsp3) is 0.217. The molecule has 4 aromatic rings. The number of carbonyl (C=O) groups is 1. The molecule has 2 heterocycles. The number of aryl methyl sites for hydroxylation is 2. The Morgan fingerprint density at radius 1 is 1.16 bits per heavy atom. The number of carbonyl (C=O) groups excluding carboxylic acids is 1. The van der Waals surface area contributed by atoms with Crippen LogP contribution >= 0.6 is 0 Å². The van der Waals surface area contributed by atoms with Crippen molar-refractivity contribution in [2.75, 3.05) is 11.9 Å². The molecule has 32 heavy (non-hydrogen) atoms. The molecule has 0 spiro atoms. The lowest BCUT2D eigenvalue weighted by Gasteiger charge is -2.09. The van der Waals surface area contributed by atoms with Crippen LogP contribution < -0.4 is 10.1 Å². The number of amides is 1. The summed E-state index contributed by atoms with van der Waals surface area (Å²) in [7, 11) is 0. The number of hydrogen-bond acceptors (Lipinski definition) is 4. The summed E-state index contributed by atoms with van der Waals surface area (Å²) in [5, 5.41) is 7.52. The quantitative estimate of drug-likeness (QED) is 0.403. The van der Waals surface area contributed by atoms with Crippen LogP contribution in [0.1, 0.15) is 32.9 Å². The van der Waals surface area contributed by atoms with Crippen molar-refractivity contribution in [3.05, 3.63) is 76.8 Å². The zero-order valence-corrected chi connectivity index (χ0v) is 17.3. The molecule has 0 bridgehead atoms. The van der Waals surface area contributed by atoms with E-state index in [1.54, 1.807) is 20.0 Å². The Bertz CT molecular complexity index is 1240. The second kappa shape index (κ2) is 8.41. The third-order valence-electron chi connectivity index (χ3n) is 5.10. The summed E-state index contributed by atoms with van der Waals surface area (Å²) in [6.45, 7) is 3.68. The van der Waals surface area contributed by atoms with Gasteiger partial charge in [0.25, 0.3) is 5.91 Å². The highest BCUT2D eigenvalue weighted by molar-refractivity contribution is 6.10. The number of halogens is 3. The molecule has 0 aliphatic rings. The summed E-state index contributed by atoms with van der Waals surface area (Å²) in [5.41, 5.74) is 2.63. The molecule has 166 valence electrons. The van der Waals surface area contributed by atoms with Gasteiger partial charge >= 0.3 is 6.18 Å². The van der Waals surface area contributed by atoms with E-state index in [4.69, 9.17) is 9.26 Å². The average molecular weight is 443 g/mol. The van der Waals surface area contributed by atoms with Gasteiger partial charge in [0.05, 0.1) is 23.6 Å². The molecule has 0 saturated carbocycles. The van der Waals surface area contributed by atoms with Crippen LogP contribution in [-0.2, 0) is 12.6 Å². The first-order valence-electron chi connectivity index (χ1n) is 9.86. The maximum atomic E-state index is 12.6. The standard InChI is InChI=1S/C23H20F3N3O3/c1-13-21(14(2)32-29-13)22(30)28-20-12-27-19-8-3-15(11-18(19)20)9-10-31-17-6-4-16(5-7-17)23(24,25)26/h3-8,11-12,27H,9-10H2,1-2H3,(H,28,30). The summed E-state index contributed by atoms with van der Waals surface area (Å²) >= 11 is 0. The van der Waals surface area contributed by atoms with Crippen LogP contribution in [0.25, 0.3) is 10.9 Å². The highest BCUT2D eigenvalue weighted by atomic mass is 19.4. The molecule has 0 saturated heterocycles. The lowest BCUT2D eigenvalue weighted by Crippen LogP contribution is -2.13. The minimum absolute atomic E-state index is 0.294. The Balaban J connectivity index is 1.43. The van der Waals surface area contributed by atoms with E-state index in [9.17, 15) is 18.0 Å². The number of rotatable bonds is 6. The summed E-state index contributed by atoms with van der Waals surface area (Å²) < 4.78 is 48.6. The Kier molecular flexibility index (Phi) is 5.65. The molecule has 0 radical (unpaired) electrons. The number of benzene rings is 2. The predicted octanol–water partition coefficient (Wildman–Crippen LogP) is 5.67. The van der Waals surface area contributed by atoms with E-state index in [1.807, 2.05) is 18.2 Å². The lowest BCUT2D eigenvalue weighted by atomic mass is 10.1. The Morgan fingerprint density at radius 3 is 2.56 bits per heavy atom. The number of ether oxygens (including phenoxy) is 1. The van der Waals surface area contributed by atoms with Crippen LogP contribution in [0.4, 0.5) is 18.9 Å². The fourth-order valence-corrected chi connectivity index (χ4v) is 3.45. The monoisotopic (exact) mass is 443 g/mol. The second-order valence-electron chi connectivity index (χ2n) is 7.36. The van der Waals surface area contributed by atoms with Crippen LogP contribution in [0.3, 0.4) is 0 Å². The number of aromatic nitrogens is 2. The molecule has 6 nitrogen and oxygen atoms in total. The number of fused-ring (bicyclic) bond motifs is 1. The molecule has 2 N–H and O–H groups in total. The van der Waals surface area contributed by atoms with Gasteiger partial charge in [0, 0.05) is 23.5 Å². The third kappa shape index (κ3) is 4.46. The van der Waals surface area contributed by atoms with Crippen molar-refractivity contribution in [3.8, 4) is 5.75 Å². The van der Waals surface area contributed by atoms with Gasteiger partial charge in [0.1, 0.15) is 17.1 Å². The first kappa shape index (κ1) is 21.5. The molecule has 2 aromatic heterocycles. The second-order valence-corrected chi connectivity index (χ2v) is 7.36. The van der Waals surface area contributed by atoms with Crippen LogP contribution in [0.5, 0.6) is 5.75 Å². The molecule has 0 aliphatic heterocycles. The number of aromatic amines is 1.